The summed E-state index contributed by atoms with van der Waals surface area (Å²) in [5.41, 5.74) is 13.2. The molecule has 0 bridgehead atoms. The molecular weight excluding hydrogens is 326 g/mol. The number of carbonyl (C=O) groups is 2. The molecule has 5 nitrogen and oxygen atoms in total. The van der Waals surface area contributed by atoms with Gasteiger partial charge in [-0.05, 0) is 40.1 Å². The van der Waals surface area contributed by atoms with Crippen LogP contribution in [0.4, 0.5) is 0 Å². The molecule has 0 heterocycles. The Hall–Kier alpha value is -3.18. The molecule has 0 aliphatic carbocycles. The highest BCUT2D eigenvalue weighted by Crippen LogP contribution is 2.20. The van der Waals surface area contributed by atoms with Crippen molar-refractivity contribution in [3.8, 4) is 0 Å². The molecule has 5 N–H and O–H groups in total. The van der Waals surface area contributed by atoms with Crippen LogP contribution >= 0.6 is 0 Å². The van der Waals surface area contributed by atoms with Crippen LogP contribution in [-0.2, 0) is 11.2 Å². The largest absolute Gasteiger partial charge is 0.366 e. The Morgan fingerprint density at radius 3 is 2.42 bits per heavy atom. The second kappa shape index (κ2) is 7.80. The van der Waals surface area contributed by atoms with Gasteiger partial charge in [-0.15, -0.1) is 0 Å². The van der Waals surface area contributed by atoms with E-state index in [0.717, 1.165) is 21.9 Å². The van der Waals surface area contributed by atoms with Crippen molar-refractivity contribution in [3.63, 3.8) is 0 Å². The fourth-order valence-electron chi connectivity index (χ4n) is 2.97. The SMILES string of the molecule is NCC(NC(=O)Cc1cccc(C(N)=O)c1)c1ccc2ccccc2c1. The summed E-state index contributed by atoms with van der Waals surface area (Å²) in [7, 11) is 0. The number of fused-ring (bicyclic) bond motifs is 1. The van der Waals surface area contributed by atoms with Crippen LogP contribution in [0.1, 0.15) is 27.5 Å². The fraction of sp³-hybridized carbons (Fsp3) is 0.143. The van der Waals surface area contributed by atoms with Crippen LogP contribution in [0.3, 0.4) is 0 Å². The Kier molecular flexibility index (Phi) is 5.29. The van der Waals surface area contributed by atoms with Gasteiger partial charge in [0.2, 0.25) is 11.8 Å². The number of nitrogens with two attached hydrogens (primary N) is 2. The highest BCUT2D eigenvalue weighted by molar-refractivity contribution is 5.93. The summed E-state index contributed by atoms with van der Waals surface area (Å²) in [6, 6.07) is 20.6. The van der Waals surface area contributed by atoms with Crippen LogP contribution in [0.2, 0.25) is 0 Å². The van der Waals surface area contributed by atoms with Gasteiger partial charge in [-0.2, -0.15) is 0 Å². The molecule has 0 fully saturated rings. The van der Waals surface area contributed by atoms with E-state index in [1.165, 1.54) is 0 Å². The Morgan fingerprint density at radius 1 is 0.923 bits per heavy atom. The molecule has 1 atom stereocenters. The van der Waals surface area contributed by atoms with E-state index in [1.807, 2.05) is 42.5 Å². The summed E-state index contributed by atoms with van der Waals surface area (Å²) in [5.74, 6) is -0.668. The number of hydrogen-bond acceptors (Lipinski definition) is 3. The van der Waals surface area contributed by atoms with E-state index < -0.39 is 5.91 Å². The summed E-state index contributed by atoms with van der Waals surface area (Å²) in [6.45, 7) is 0.297. The van der Waals surface area contributed by atoms with Gasteiger partial charge in [-0.1, -0.05) is 48.5 Å². The first-order chi connectivity index (χ1) is 12.6. The first kappa shape index (κ1) is 17.6. The number of primary amides is 1. The Bertz CT molecular complexity index is 953. The summed E-state index contributed by atoms with van der Waals surface area (Å²) >= 11 is 0. The van der Waals surface area contributed by atoms with Gasteiger partial charge >= 0.3 is 0 Å². The molecule has 26 heavy (non-hydrogen) atoms. The number of hydrogen-bond donors (Lipinski definition) is 3. The van der Waals surface area contributed by atoms with Gasteiger partial charge in [-0.3, -0.25) is 9.59 Å². The molecule has 3 rings (SSSR count). The Balaban J connectivity index is 1.73. The predicted molar refractivity (Wildman–Crippen MR) is 103 cm³/mol. The van der Waals surface area contributed by atoms with Gasteiger partial charge in [0.05, 0.1) is 12.5 Å². The highest BCUT2D eigenvalue weighted by Gasteiger charge is 2.14. The molecule has 1 unspecified atom stereocenters. The van der Waals surface area contributed by atoms with E-state index in [9.17, 15) is 9.59 Å². The Labute approximate surface area is 152 Å². The van der Waals surface area contributed by atoms with Crippen molar-refractivity contribution in [1.29, 1.82) is 0 Å². The minimum absolute atomic E-state index is 0.157. The van der Waals surface area contributed by atoms with Crippen molar-refractivity contribution in [3.05, 3.63) is 83.4 Å². The molecule has 132 valence electrons. The molecule has 0 radical (unpaired) electrons. The van der Waals surface area contributed by atoms with E-state index >= 15 is 0 Å². The smallest absolute Gasteiger partial charge is 0.248 e. The zero-order chi connectivity index (χ0) is 18.5. The van der Waals surface area contributed by atoms with Gasteiger partial charge < -0.3 is 16.8 Å². The van der Waals surface area contributed by atoms with Crippen molar-refractivity contribution >= 4 is 22.6 Å². The van der Waals surface area contributed by atoms with Crippen LogP contribution in [0.5, 0.6) is 0 Å². The van der Waals surface area contributed by atoms with Gasteiger partial charge in [0.1, 0.15) is 0 Å². The topological polar surface area (TPSA) is 98.2 Å². The second-order valence-corrected chi connectivity index (χ2v) is 6.20. The first-order valence-electron chi connectivity index (χ1n) is 8.43. The molecule has 0 aliphatic heterocycles. The number of nitrogens with one attached hydrogen (secondary N) is 1. The maximum absolute atomic E-state index is 12.4. The minimum Gasteiger partial charge on any atom is -0.366 e. The van der Waals surface area contributed by atoms with Crippen molar-refractivity contribution in [1.82, 2.24) is 5.32 Å². The van der Waals surface area contributed by atoms with Crippen molar-refractivity contribution in [2.24, 2.45) is 11.5 Å². The van der Waals surface area contributed by atoms with E-state index in [-0.39, 0.29) is 18.4 Å². The molecular formula is C21H21N3O2. The highest BCUT2D eigenvalue weighted by atomic mass is 16.2. The fourth-order valence-corrected chi connectivity index (χ4v) is 2.97. The lowest BCUT2D eigenvalue weighted by atomic mass is 10.0. The average molecular weight is 347 g/mol. The molecule has 2 amide bonds. The third kappa shape index (κ3) is 4.07. The van der Waals surface area contributed by atoms with E-state index in [1.54, 1.807) is 24.3 Å². The summed E-state index contributed by atoms with van der Waals surface area (Å²) in [4.78, 5) is 23.7. The molecule has 0 aliphatic rings. The third-order valence-electron chi connectivity index (χ3n) is 4.32. The molecule has 3 aromatic rings. The molecule has 0 spiro atoms. The number of rotatable bonds is 6. The van der Waals surface area contributed by atoms with Crippen LogP contribution in [-0.4, -0.2) is 18.4 Å². The van der Waals surface area contributed by atoms with Crippen molar-refractivity contribution < 1.29 is 9.59 Å². The molecule has 5 heteroatoms. The number of carbonyl (C=O) groups excluding carboxylic acids is 2. The third-order valence-corrected chi connectivity index (χ3v) is 4.32. The Morgan fingerprint density at radius 2 is 1.69 bits per heavy atom. The zero-order valence-corrected chi connectivity index (χ0v) is 14.3. The van der Waals surface area contributed by atoms with Crippen LogP contribution in [0.25, 0.3) is 10.8 Å². The lowest BCUT2D eigenvalue weighted by Crippen LogP contribution is -2.34. The van der Waals surface area contributed by atoms with Crippen LogP contribution < -0.4 is 16.8 Å². The lowest BCUT2D eigenvalue weighted by molar-refractivity contribution is -0.121. The second-order valence-electron chi connectivity index (χ2n) is 6.20. The zero-order valence-electron chi connectivity index (χ0n) is 14.3. The number of amides is 2. The van der Waals surface area contributed by atoms with E-state index in [0.29, 0.717) is 12.1 Å². The van der Waals surface area contributed by atoms with Crippen LogP contribution in [0.15, 0.2) is 66.7 Å². The standard InChI is InChI=1S/C21H21N3O2/c22-13-19(17-9-8-15-5-1-2-6-16(15)12-17)24-20(25)11-14-4-3-7-18(10-14)21(23)26/h1-10,12,19H,11,13,22H2,(H2,23,26)(H,24,25). The first-order valence-corrected chi connectivity index (χ1v) is 8.43. The molecule has 3 aromatic carbocycles. The molecule has 0 saturated carbocycles. The van der Waals surface area contributed by atoms with E-state index in [2.05, 4.69) is 5.32 Å². The van der Waals surface area contributed by atoms with Gasteiger partial charge in [0.15, 0.2) is 0 Å². The quantitative estimate of drug-likeness (QED) is 0.638. The average Bonchev–Trinajstić information content (AvgIpc) is 2.66. The maximum atomic E-state index is 12.4. The van der Waals surface area contributed by atoms with Gasteiger partial charge in [0, 0.05) is 12.1 Å². The molecule has 0 aromatic heterocycles. The summed E-state index contributed by atoms with van der Waals surface area (Å²) in [6.07, 6.45) is 0.158. The normalized spacial score (nSPS) is 11.9. The lowest BCUT2D eigenvalue weighted by Gasteiger charge is -2.18. The monoisotopic (exact) mass is 347 g/mol. The van der Waals surface area contributed by atoms with Crippen LogP contribution in [0, 0.1) is 0 Å². The van der Waals surface area contributed by atoms with E-state index in [4.69, 9.17) is 11.5 Å². The van der Waals surface area contributed by atoms with Crippen molar-refractivity contribution in [2.45, 2.75) is 12.5 Å². The predicted octanol–water partition coefficient (Wildman–Crippen LogP) is 2.30. The maximum Gasteiger partial charge on any atom is 0.248 e. The summed E-state index contributed by atoms with van der Waals surface area (Å²) < 4.78 is 0. The number of benzene rings is 3. The van der Waals surface area contributed by atoms with Gasteiger partial charge in [0.25, 0.3) is 0 Å². The molecule has 0 saturated heterocycles. The minimum atomic E-state index is -0.511. The van der Waals surface area contributed by atoms with Gasteiger partial charge in [-0.25, -0.2) is 0 Å². The van der Waals surface area contributed by atoms with Crippen molar-refractivity contribution in [2.75, 3.05) is 6.54 Å². The summed E-state index contributed by atoms with van der Waals surface area (Å²) in [5, 5.41) is 5.21.